The van der Waals surface area contributed by atoms with Crippen molar-refractivity contribution in [2.24, 2.45) is 0 Å². The first-order valence-corrected chi connectivity index (χ1v) is 5.40. The van der Waals surface area contributed by atoms with Crippen molar-refractivity contribution >= 4 is 21.7 Å². The lowest BCUT2D eigenvalue weighted by Gasteiger charge is -2.20. The Balaban J connectivity index is 2.78. The Morgan fingerprint density at radius 2 is 2.07 bits per heavy atom. The molecule has 15 heavy (non-hydrogen) atoms. The van der Waals surface area contributed by atoms with Crippen LogP contribution < -0.4 is 10.5 Å². The summed E-state index contributed by atoms with van der Waals surface area (Å²) in [6, 6.07) is 0. The Labute approximate surface area is 97.2 Å². The molecule has 0 atom stereocenters. The third kappa shape index (κ3) is 3.32. The number of aromatic nitrogens is 2. The fourth-order valence-corrected chi connectivity index (χ4v) is 1.62. The lowest BCUT2D eigenvalue weighted by atomic mass is 10.4. The van der Waals surface area contributed by atoms with Gasteiger partial charge >= 0.3 is 0 Å². The van der Waals surface area contributed by atoms with E-state index in [1.54, 1.807) is 0 Å². The van der Waals surface area contributed by atoms with Crippen molar-refractivity contribution in [2.45, 2.75) is 0 Å². The van der Waals surface area contributed by atoms with Gasteiger partial charge in [0.05, 0.1) is 6.33 Å². The highest BCUT2D eigenvalue weighted by molar-refractivity contribution is 9.10. The number of nitrogens with one attached hydrogen (secondary N) is 1. The second kappa shape index (κ2) is 5.27. The van der Waals surface area contributed by atoms with Gasteiger partial charge in [-0.1, -0.05) is 0 Å². The van der Waals surface area contributed by atoms with E-state index in [0.717, 1.165) is 13.1 Å². The number of halogens is 1. The van der Waals surface area contributed by atoms with Crippen LogP contribution in [0.5, 0.6) is 0 Å². The molecule has 1 aromatic heterocycles. The summed E-state index contributed by atoms with van der Waals surface area (Å²) >= 11 is 3.23. The SMILES string of the molecule is CN(C)CCN(C)c1nc[nH]c(=O)c1Br. The molecule has 0 spiro atoms. The van der Waals surface area contributed by atoms with E-state index in [0.29, 0.717) is 10.3 Å². The van der Waals surface area contributed by atoms with Crippen molar-refractivity contribution in [1.29, 1.82) is 0 Å². The Hall–Kier alpha value is -0.880. The quantitative estimate of drug-likeness (QED) is 0.871. The van der Waals surface area contributed by atoms with Gasteiger partial charge < -0.3 is 14.8 Å². The molecule has 0 aliphatic rings. The van der Waals surface area contributed by atoms with E-state index in [4.69, 9.17) is 0 Å². The maximum atomic E-state index is 11.3. The predicted molar refractivity (Wildman–Crippen MR) is 64.4 cm³/mol. The van der Waals surface area contributed by atoms with Gasteiger partial charge in [0, 0.05) is 20.1 Å². The van der Waals surface area contributed by atoms with Gasteiger partial charge in [-0.2, -0.15) is 0 Å². The monoisotopic (exact) mass is 274 g/mol. The maximum Gasteiger partial charge on any atom is 0.267 e. The second-order valence-electron chi connectivity index (χ2n) is 3.59. The number of rotatable bonds is 4. The van der Waals surface area contributed by atoms with Gasteiger partial charge in [0.1, 0.15) is 10.3 Å². The van der Waals surface area contributed by atoms with Crippen molar-refractivity contribution in [3.63, 3.8) is 0 Å². The first-order valence-electron chi connectivity index (χ1n) is 4.61. The summed E-state index contributed by atoms with van der Waals surface area (Å²) in [6.45, 7) is 1.74. The molecule has 0 radical (unpaired) electrons. The number of likely N-dealkylation sites (N-methyl/N-ethyl adjacent to an activating group) is 2. The van der Waals surface area contributed by atoms with Gasteiger partial charge in [-0.05, 0) is 30.0 Å². The zero-order valence-corrected chi connectivity index (χ0v) is 10.7. The van der Waals surface area contributed by atoms with E-state index >= 15 is 0 Å². The molecule has 1 aromatic rings. The molecular formula is C9H15BrN4O. The highest BCUT2D eigenvalue weighted by Crippen LogP contribution is 2.16. The highest BCUT2D eigenvalue weighted by atomic mass is 79.9. The number of aromatic amines is 1. The maximum absolute atomic E-state index is 11.3. The van der Waals surface area contributed by atoms with E-state index < -0.39 is 0 Å². The Morgan fingerprint density at radius 3 is 2.67 bits per heavy atom. The molecule has 0 bridgehead atoms. The minimum Gasteiger partial charge on any atom is -0.357 e. The Morgan fingerprint density at radius 1 is 1.40 bits per heavy atom. The molecule has 1 N–H and O–H groups in total. The number of H-pyrrole nitrogens is 1. The predicted octanol–water partition coefficient (Wildman–Crippen LogP) is 0.530. The lowest BCUT2D eigenvalue weighted by molar-refractivity contribution is 0.416. The van der Waals surface area contributed by atoms with Gasteiger partial charge in [0.15, 0.2) is 0 Å². The van der Waals surface area contributed by atoms with Crippen LogP contribution in [0.3, 0.4) is 0 Å². The highest BCUT2D eigenvalue weighted by Gasteiger charge is 2.09. The first kappa shape index (κ1) is 12.2. The largest absolute Gasteiger partial charge is 0.357 e. The summed E-state index contributed by atoms with van der Waals surface area (Å²) in [4.78, 5) is 22.0. The van der Waals surface area contributed by atoms with E-state index in [2.05, 4.69) is 30.8 Å². The van der Waals surface area contributed by atoms with Crippen LogP contribution in [-0.2, 0) is 0 Å². The van der Waals surface area contributed by atoms with Crippen molar-refractivity contribution in [3.05, 3.63) is 21.2 Å². The summed E-state index contributed by atoms with van der Waals surface area (Å²) in [5, 5.41) is 0. The molecule has 0 aromatic carbocycles. The van der Waals surface area contributed by atoms with E-state index in [1.807, 2.05) is 26.0 Å². The van der Waals surface area contributed by atoms with Crippen molar-refractivity contribution in [2.75, 3.05) is 39.1 Å². The molecule has 0 fully saturated rings. The van der Waals surface area contributed by atoms with Gasteiger partial charge in [-0.15, -0.1) is 0 Å². The van der Waals surface area contributed by atoms with Crippen molar-refractivity contribution < 1.29 is 0 Å². The van der Waals surface area contributed by atoms with Crippen LogP contribution in [-0.4, -0.2) is 49.1 Å². The summed E-state index contributed by atoms with van der Waals surface area (Å²) in [5.41, 5.74) is -0.156. The molecule has 0 aliphatic heterocycles. The molecule has 0 saturated heterocycles. The molecule has 84 valence electrons. The number of nitrogens with zero attached hydrogens (tertiary/aromatic N) is 3. The molecule has 0 aliphatic carbocycles. The van der Waals surface area contributed by atoms with Crippen LogP contribution >= 0.6 is 15.9 Å². The van der Waals surface area contributed by atoms with Crippen LogP contribution in [0.2, 0.25) is 0 Å². The third-order valence-electron chi connectivity index (χ3n) is 2.02. The molecular weight excluding hydrogens is 260 g/mol. The van der Waals surface area contributed by atoms with Crippen molar-refractivity contribution in [3.8, 4) is 0 Å². The molecule has 1 heterocycles. The minimum atomic E-state index is -0.156. The van der Waals surface area contributed by atoms with Gasteiger partial charge in [0.25, 0.3) is 5.56 Å². The van der Waals surface area contributed by atoms with Crippen molar-refractivity contribution in [1.82, 2.24) is 14.9 Å². The zero-order valence-electron chi connectivity index (χ0n) is 9.12. The number of anilines is 1. The van der Waals surface area contributed by atoms with Crippen LogP contribution in [0.4, 0.5) is 5.82 Å². The fourth-order valence-electron chi connectivity index (χ4n) is 1.10. The summed E-state index contributed by atoms with van der Waals surface area (Å²) in [5.74, 6) is 0.667. The molecule has 6 heteroatoms. The van der Waals surface area contributed by atoms with E-state index in [-0.39, 0.29) is 5.56 Å². The molecule has 0 amide bonds. The Bertz CT molecular complexity index is 377. The third-order valence-corrected chi connectivity index (χ3v) is 2.74. The lowest BCUT2D eigenvalue weighted by Crippen LogP contribution is -2.30. The number of hydrogen-bond donors (Lipinski definition) is 1. The molecule has 5 nitrogen and oxygen atoms in total. The first-order chi connectivity index (χ1) is 7.02. The molecule has 1 rings (SSSR count). The van der Waals surface area contributed by atoms with E-state index in [9.17, 15) is 4.79 Å². The van der Waals surface area contributed by atoms with Crippen LogP contribution in [0.25, 0.3) is 0 Å². The molecule has 0 unspecified atom stereocenters. The van der Waals surface area contributed by atoms with Gasteiger partial charge in [-0.3, -0.25) is 4.79 Å². The summed E-state index contributed by atoms with van der Waals surface area (Å²) in [7, 11) is 5.93. The minimum absolute atomic E-state index is 0.156. The topological polar surface area (TPSA) is 52.2 Å². The molecule has 0 saturated carbocycles. The van der Waals surface area contributed by atoms with Gasteiger partial charge in [0.2, 0.25) is 0 Å². The zero-order chi connectivity index (χ0) is 11.4. The second-order valence-corrected chi connectivity index (χ2v) is 4.39. The summed E-state index contributed by atoms with van der Waals surface area (Å²) in [6.07, 6.45) is 1.41. The Kier molecular flexibility index (Phi) is 4.28. The average molecular weight is 275 g/mol. The van der Waals surface area contributed by atoms with Crippen LogP contribution in [0, 0.1) is 0 Å². The normalized spacial score (nSPS) is 10.7. The van der Waals surface area contributed by atoms with Crippen LogP contribution in [0.15, 0.2) is 15.6 Å². The standard InChI is InChI=1S/C9H15BrN4O/c1-13(2)4-5-14(3)8-7(10)9(15)12-6-11-8/h6H,4-5H2,1-3H3,(H,11,12,15). The summed E-state index contributed by atoms with van der Waals surface area (Å²) < 4.78 is 0.478. The van der Waals surface area contributed by atoms with Crippen LogP contribution in [0.1, 0.15) is 0 Å². The average Bonchev–Trinajstić information content (AvgIpc) is 2.18. The smallest absolute Gasteiger partial charge is 0.267 e. The number of hydrogen-bond acceptors (Lipinski definition) is 4. The van der Waals surface area contributed by atoms with E-state index in [1.165, 1.54) is 6.33 Å². The van der Waals surface area contributed by atoms with Gasteiger partial charge in [-0.25, -0.2) is 4.98 Å². The fraction of sp³-hybridized carbons (Fsp3) is 0.556.